The van der Waals surface area contributed by atoms with Gasteiger partial charge in [0.1, 0.15) is 11.4 Å². The van der Waals surface area contributed by atoms with Crippen molar-refractivity contribution in [1.29, 1.82) is 0 Å². The summed E-state index contributed by atoms with van der Waals surface area (Å²) in [4.78, 5) is 32.8. The fourth-order valence-corrected chi connectivity index (χ4v) is 4.47. The summed E-state index contributed by atoms with van der Waals surface area (Å²) in [6, 6.07) is 6.11. The van der Waals surface area contributed by atoms with Crippen molar-refractivity contribution < 1.29 is 31.1 Å². The second-order valence-corrected chi connectivity index (χ2v) is 8.60. The zero-order valence-electron chi connectivity index (χ0n) is 19.3. The topological polar surface area (TPSA) is 95.9 Å². The number of amides is 1. The number of aromatic amines is 1. The van der Waals surface area contributed by atoms with Gasteiger partial charge in [-0.25, -0.2) is 9.67 Å². The van der Waals surface area contributed by atoms with Gasteiger partial charge in [0.05, 0.1) is 29.3 Å². The quantitative estimate of drug-likeness (QED) is 0.358. The smallest absolute Gasteiger partial charge is 0.356 e. The molecule has 0 atom stereocenters. The lowest BCUT2D eigenvalue weighted by molar-refractivity contribution is -0.143. The van der Waals surface area contributed by atoms with Crippen LogP contribution in [0.4, 0.5) is 37.8 Å². The molecule has 2 N–H and O–H groups in total. The van der Waals surface area contributed by atoms with Gasteiger partial charge in [-0.05, 0) is 37.1 Å². The highest BCUT2D eigenvalue weighted by Gasteiger charge is 2.41. The van der Waals surface area contributed by atoms with E-state index in [0.29, 0.717) is 42.9 Å². The van der Waals surface area contributed by atoms with Crippen molar-refractivity contribution in [2.75, 3.05) is 23.3 Å². The Morgan fingerprint density at radius 3 is 2.39 bits per heavy atom. The van der Waals surface area contributed by atoms with E-state index in [1.807, 2.05) is 0 Å². The van der Waals surface area contributed by atoms with Gasteiger partial charge in [0.15, 0.2) is 5.69 Å². The predicted octanol–water partition coefficient (Wildman–Crippen LogP) is 5.00. The second kappa shape index (κ2) is 9.19. The zero-order chi connectivity index (χ0) is 27.2. The minimum Gasteiger partial charge on any atom is -0.356 e. The number of rotatable bonds is 4. The van der Waals surface area contributed by atoms with Gasteiger partial charge in [-0.15, -0.1) is 0 Å². The molecule has 1 saturated heterocycles. The van der Waals surface area contributed by atoms with Crippen LogP contribution in [0, 0.1) is 0 Å². The monoisotopic (exact) mass is 536 g/mol. The Balaban J connectivity index is 1.55. The van der Waals surface area contributed by atoms with E-state index in [1.165, 1.54) is 35.4 Å². The second-order valence-electron chi connectivity index (χ2n) is 8.60. The molecule has 4 heterocycles. The number of halogens is 6. The van der Waals surface area contributed by atoms with E-state index in [1.54, 1.807) is 0 Å². The fraction of sp³-hybridized carbons (Fsp3) is 0.250. The zero-order valence-corrected chi connectivity index (χ0v) is 19.3. The number of benzene rings is 1. The van der Waals surface area contributed by atoms with E-state index >= 15 is 0 Å². The van der Waals surface area contributed by atoms with Gasteiger partial charge >= 0.3 is 12.4 Å². The highest BCUT2D eigenvalue weighted by molar-refractivity contribution is 6.05. The van der Waals surface area contributed by atoms with E-state index in [9.17, 15) is 35.9 Å². The Bertz CT molecular complexity index is 1580. The number of hydrogen-bond donors (Lipinski definition) is 2. The van der Waals surface area contributed by atoms with Gasteiger partial charge in [0.2, 0.25) is 0 Å². The van der Waals surface area contributed by atoms with Gasteiger partial charge in [-0.1, -0.05) is 6.07 Å². The maximum Gasteiger partial charge on any atom is 0.434 e. The average molecular weight is 536 g/mol. The van der Waals surface area contributed by atoms with Crippen LogP contribution >= 0.6 is 0 Å². The lowest BCUT2D eigenvalue weighted by Crippen LogP contribution is -2.24. The average Bonchev–Trinajstić information content (AvgIpc) is 3.54. The summed E-state index contributed by atoms with van der Waals surface area (Å²) in [6.07, 6.45) is -5.59. The van der Waals surface area contributed by atoms with Crippen LogP contribution in [0.25, 0.3) is 16.5 Å². The molecule has 0 radical (unpaired) electrons. The van der Waals surface area contributed by atoms with Gasteiger partial charge in [-0.3, -0.25) is 9.59 Å². The van der Waals surface area contributed by atoms with Crippen molar-refractivity contribution in [2.45, 2.75) is 25.2 Å². The summed E-state index contributed by atoms with van der Waals surface area (Å²) in [5, 5.41) is 6.07. The molecular formula is C24H18F6N6O2. The number of H-pyrrole nitrogens is 1. The summed E-state index contributed by atoms with van der Waals surface area (Å²) >= 11 is 0. The first-order valence-electron chi connectivity index (χ1n) is 11.3. The highest BCUT2D eigenvalue weighted by Crippen LogP contribution is 2.39. The van der Waals surface area contributed by atoms with Crippen molar-refractivity contribution in [3.05, 3.63) is 76.1 Å². The Hall–Kier alpha value is -4.36. The Labute approximate surface area is 209 Å². The van der Waals surface area contributed by atoms with Crippen LogP contribution in [0.1, 0.15) is 34.5 Å². The summed E-state index contributed by atoms with van der Waals surface area (Å²) in [5.74, 6) is -1.63. The van der Waals surface area contributed by atoms with E-state index in [0.717, 1.165) is 6.20 Å². The first kappa shape index (κ1) is 25.3. The maximum atomic E-state index is 14.2. The third-order valence-corrected chi connectivity index (χ3v) is 6.14. The fourth-order valence-electron chi connectivity index (χ4n) is 4.47. The third-order valence-electron chi connectivity index (χ3n) is 6.14. The van der Waals surface area contributed by atoms with Crippen molar-refractivity contribution in [1.82, 2.24) is 19.7 Å². The first-order valence-corrected chi connectivity index (χ1v) is 11.3. The Kier molecular flexibility index (Phi) is 6.12. The molecular weight excluding hydrogens is 518 g/mol. The number of anilines is 2. The predicted molar refractivity (Wildman–Crippen MR) is 125 cm³/mol. The number of nitrogens with zero attached hydrogens (tertiary/aromatic N) is 4. The molecule has 0 spiro atoms. The molecule has 1 amide bonds. The molecule has 4 aromatic rings. The highest BCUT2D eigenvalue weighted by atomic mass is 19.4. The Morgan fingerprint density at radius 2 is 1.71 bits per heavy atom. The van der Waals surface area contributed by atoms with Gasteiger partial charge in [0.25, 0.3) is 11.5 Å². The maximum absolute atomic E-state index is 14.2. The molecule has 198 valence electrons. The van der Waals surface area contributed by atoms with Crippen LogP contribution in [0.15, 0.2) is 53.7 Å². The van der Waals surface area contributed by atoms with Crippen molar-refractivity contribution >= 4 is 28.2 Å². The number of carbonyl (C=O) groups is 1. The van der Waals surface area contributed by atoms with Crippen LogP contribution in [0.2, 0.25) is 0 Å². The number of pyridine rings is 2. The van der Waals surface area contributed by atoms with E-state index < -0.39 is 46.3 Å². The summed E-state index contributed by atoms with van der Waals surface area (Å²) in [6.45, 7) is 0.770. The number of aromatic nitrogens is 4. The molecule has 5 rings (SSSR count). The molecule has 0 saturated carbocycles. The number of hydrogen-bond acceptors (Lipinski definition) is 5. The van der Waals surface area contributed by atoms with Crippen LogP contribution in [-0.2, 0) is 12.4 Å². The standard InChI is InChI=1S/C24H18F6N6O2/c25-23(26,27)17-10-13(11-32-20(17)35-8-1-2-9-35)34-22(38)16-12-33-36(19(16)24(28,29)30)18-5-3-4-15-14(18)6-7-31-21(15)37/h3-7,10-12H,1-2,8-9H2,(H,31,37)(H,34,38). The summed E-state index contributed by atoms with van der Waals surface area (Å²) in [7, 11) is 0. The molecule has 38 heavy (non-hydrogen) atoms. The molecule has 1 fully saturated rings. The van der Waals surface area contributed by atoms with E-state index in [4.69, 9.17) is 0 Å². The van der Waals surface area contributed by atoms with Crippen molar-refractivity contribution in [3.8, 4) is 5.69 Å². The molecule has 0 aliphatic carbocycles. The van der Waals surface area contributed by atoms with Crippen LogP contribution in [0.3, 0.4) is 0 Å². The molecule has 1 aliphatic rings. The lowest BCUT2D eigenvalue weighted by atomic mass is 10.1. The lowest BCUT2D eigenvalue weighted by Gasteiger charge is -2.22. The van der Waals surface area contributed by atoms with Gasteiger partial charge in [-0.2, -0.15) is 31.4 Å². The molecule has 8 nitrogen and oxygen atoms in total. The van der Waals surface area contributed by atoms with Crippen LogP contribution in [0.5, 0.6) is 0 Å². The summed E-state index contributed by atoms with van der Waals surface area (Å²) < 4.78 is 84.2. The van der Waals surface area contributed by atoms with E-state index in [2.05, 4.69) is 20.4 Å². The van der Waals surface area contributed by atoms with Crippen LogP contribution in [-0.4, -0.2) is 38.7 Å². The van der Waals surface area contributed by atoms with Gasteiger partial charge < -0.3 is 15.2 Å². The molecule has 0 unspecified atom stereocenters. The van der Waals surface area contributed by atoms with Crippen molar-refractivity contribution in [2.24, 2.45) is 0 Å². The van der Waals surface area contributed by atoms with Crippen molar-refractivity contribution in [3.63, 3.8) is 0 Å². The molecule has 0 bridgehead atoms. The third kappa shape index (κ3) is 4.57. The largest absolute Gasteiger partial charge is 0.434 e. The Morgan fingerprint density at radius 1 is 0.974 bits per heavy atom. The van der Waals surface area contributed by atoms with Crippen LogP contribution < -0.4 is 15.8 Å². The number of nitrogens with one attached hydrogen (secondary N) is 2. The molecule has 14 heteroatoms. The molecule has 1 aliphatic heterocycles. The van der Waals surface area contributed by atoms with Gasteiger partial charge in [0, 0.05) is 30.1 Å². The SMILES string of the molecule is O=C(Nc1cnc(N2CCCC2)c(C(F)(F)F)c1)c1cnn(-c2cccc3c(=O)[nH]ccc23)c1C(F)(F)F. The first-order chi connectivity index (χ1) is 17.9. The molecule has 1 aromatic carbocycles. The molecule has 3 aromatic heterocycles. The summed E-state index contributed by atoms with van der Waals surface area (Å²) in [5.41, 5.74) is -4.56. The normalized spacial score (nSPS) is 14.3. The number of fused-ring (bicyclic) bond motifs is 1. The minimum atomic E-state index is -5.08. The number of alkyl halides is 6. The minimum absolute atomic E-state index is 0.100. The van der Waals surface area contributed by atoms with E-state index in [-0.39, 0.29) is 22.3 Å². The number of carbonyl (C=O) groups excluding carboxylic acids is 1.